The summed E-state index contributed by atoms with van der Waals surface area (Å²) < 4.78 is 5.26. The number of benzene rings is 2. The molecule has 1 saturated heterocycles. The predicted octanol–water partition coefficient (Wildman–Crippen LogP) is 3.57. The summed E-state index contributed by atoms with van der Waals surface area (Å²) in [5.74, 6) is 0.851. The Balaban J connectivity index is 1.73. The van der Waals surface area contributed by atoms with E-state index in [-0.39, 0.29) is 11.9 Å². The maximum Gasteiger partial charge on any atom is 0.251 e. The second-order valence-electron chi connectivity index (χ2n) is 6.56. The standard InChI is InChI=1S/C21H26N2O2/c1-16-7-3-4-8-19(16)21(24)22-15-20(23-13-5-6-14-23)17-9-11-18(25-2)12-10-17/h3-4,7-12,20H,5-6,13-15H2,1-2H3,(H,22,24)/t20-/m1/s1. The molecule has 3 rings (SSSR count). The highest BCUT2D eigenvalue weighted by Gasteiger charge is 2.24. The maximum atomic E-state index is 12.6. The molecule has 4 heteroatoms. The van der Waals surface area contributed by atoms with E-state index in [1.165, 1.54) is 18.4 Å². The normalized spacial score (nSPS) is 15.8. The minimum Gasteiger partial charge on any atom is -0.497 e. The van der Waals surface area contributed by atoms with Crippen LogP contribution in [0.5, 0.6) is 5.75 Å². The zero-order valence-electron chi connectivity index (χ0n) is 15.0. The lowest BCUT2D eigenvalue weighted by atomic mass is 10.0. The summed E-state index contributed by atoms with van der Waals surface area (Å²) >= 11 is 0. The Labute approximate surface area is 149 Å². The molecule has 0 spiro atoms. The number of ether oxygens (including phenoxy) is 1. The molecule has 1 amide bonds. The van der Waals surface area contributed by atoms with Crippen molar-refractivity contribution in [3.63, 3.8) is 0 Å². The maximum absolute atomic E-state index is 12.6. The molecular weight excluding hydrogens is 312 g/mol. The van der Waals surface area contributed by atoms with Crippen LogP contribution in [0.4, 0.5) is 0 Å². The number of nitrogens with zero attached hydrogens (tertiary/aromatic N) is 1. The SMILES string of the molecule is COc1ccc([C@@H](CNC(=O)c2ccccc2C)N2CCCC2)cc1. The van der Waals surface area contributed by atoms with Crippen LogP contribution in [0.25, 0.3) is 0 Å². The van der Waals surface area contributed by atoms with Gasteiger partial charge in [0, 0.05) is 12.1 Å². The average molecular weight is 338 g/mol. The molecule has 1 heterocycles. The minimum absolute atomic E-state index is 0.00388. The Kier molecular flexibility index (Phi) is 5.71. The van der Waals surface area contributed by atoms with Crippen LogP contribution in [0.15, 0.2) is 48.5 Å². The van der Waals surface area contributed by atoms with Gasteiger partial charge in [-0.3, -0.25) is 9.69 Å². The lowest BCUT2D eigenvalue weighted by Gasteiger charge is -2.28. The van der Waals surface area contributed by atoms with Gasteiger partial charge in [0.15, 0.2) is 0 Å². The third kappa shape index (κ3) is 4.20. The molecule has 1 aliphatic heterocycles. The van der Waals surface area contributed by atoms with Gasteiger partial charge in [0.1, 0.15) is 5.75 Å². The van der Waals surface area contributed by atoms with Crippen LogP contribution >= 0.6 is 0 Å². The van der Waals surface area contributed by atoms with E-state index in [1.54, 1.807) is 7.11 Å². The summed E-state index contributed by atoms with van der Waals surface area (Å²) in [6, 6.07) is 16.1. The number of carbonyl (C=O) groups excluding carboxylic acids is 1. The first-order valence-electron chi connectivity index (χ1n) is 8.91. The van der Waals surface area contributed by atoms with E-state index in [0.717, 1.165) is 30.0 Å². The van der Waals surface area contributed by atoms with Gasteiger partial charge in [-0.25, -0.2) is 0 Å². The molecule has 0 saturated carbocycles. The van der Waals surface area contributed by atoms with Crippen molar-refractivity contribution < 1.29 is 9.53 Å². The molecule has 0 bridgehead atoms. The van der Waals surface area contributed by atoms with Gasteiger partial charge in [-0.15, -0.1) is 0 Å². The van der Waals surface area contributed by atoms with Crippen LogP contribution < -0.4 is 10.1 Å². The highest BCUT2D eigenvalue weighted by atomic mass is 16.5. The van der Waals surface area contributed by atoms with E-state index in [1.807, 2.05) is 43.3 Å². The van der Waals surface area contributed by atoms with Crippen molar-refractivity contribution in [3.05, 3.63) is 65.2 Å². The fourth-order valence-corrected chi connectivity index (χ4v) is 3.45. The number of likely N-dealkylation sites (tertiary alicyclic amines) is 1. The zero-order valence-corrected chi connectivity index (χ0v) is 15.0. The van der Waals surface area contributed by atoms with Gasteiger partial charge in [-0.1, -0.05) is 30.3 Å². The third-order valence-corrected chi connectivity index (χ3v) is 4.93. The largest absolute Gasteiger partial charge is 0.497 e. The molecule has 1 N–H and O–H groups in total. The topological polar surface area (TPSA) is 41.6 Å². The number of nitrogens with one attached hydrogen (secondary N) is 1. The lowest BCUT2D eigenvalue weighted by Crippen LogP contribution is -2.37. The summed E-state index contributed by atoms with van der Waals surface area (Å²) in [7, 11) is 1.68. The fraction of sp³-hybridized carbons (Fsp3) is 0.381. The first-order chi connectivity index (χ1) is 12.2. The highest BCUT2D eigenvalue weighted by Crippen LogP contribution is 2.26. The molecular formula is C21H26N2O2. The molecule has 4 nitrogen and oxygen atoms in total. The molecule has 0 aromatic heterocycles. The average Bonchev–Trinajstić information content (AvgIpc) is 3.17. The fourth-order valence-electron chi connectivity index (χ4n) is 3.45. The minimum atomic E-state index is -0.00388. The third-order valence-electron chi connectivity index (χ3n) is 4.93. The molecule has 25 heavy (non-hydrogen) atoms. The molecule has 2 aromatic rings. The molecule has 1 aliphatic rings. The first-order valence-corrected chi connectivity index (χ1v) is 8.91. The molecule has 0 radical (unpaired) electrons. The van der Waals surface area contributed by atoms with Gasteiger partial charge in [0.25, 0.3) is 5.91 Å². The number of methoxy groups -OCH3 is 1. The molecule has 1 fully saturated rings. The van der Waals surface area contributed by atoms with Crippen molar-refractivity contribution in [2.45, 2.75) is 25.8 Å². The Bertz CT molecular complexity index is 706. The van der Waals surface area contributed by atoms with Crippen molar-refractivity contribution >= 4 is 5.91 Å². The van der Waals surface area contributed by atoms with Crippen LogP contribution in [-0.4, -0.2) is 37.6 Å². The number of carbonyl (C=O) groups is 1. The summed E-state index contributed by atoms with van der Waals surface area (Å²) in [4.78, 5) is 15.0. The Morgan fingerprint density at radius 2 is 1.80 bits per heavy atom. The van der Waals surface area contributed by atoms with E-state index in [2.05, 4.69) is 22.3 Å². The second-order valence-corrected chi connectivity index (χ2v) is 6.56. The summed E-state index contributed by atoms with van der Waals surface area (Å²) in [5, 5.41) is 3.13. The van der Waals surface area contributed by atoms with Crippen LogP contribution in [0.3, 0.4) is 0 Å². The zero-order chi connectivity index (χ0) is 17.6. The van der Waals surface area contributed by atoms with Gasteiger partial charge in [0.2, 0.25) is 0 Å². The van der Waals surface area contributed by atoms with Crippen molar-refractivity contribution in [3.8, 4) is 5.75 Å². The quantitative estimate of drug-likeness (QED) is 0.875. The van der Waals surface area contributed by atoms with E-state index < -0.39 is 0 Å². The van der Waals surface area contributed by atoms with Gasteiger partial charge < -0.3 is 10.1 Å². The summed E-state index contributed by atoms with van der Waals surface area (Å²) in [6.07, 6.45) is 2.44. The number of rotatable bonds is 6. The predicted molar refractivity (Wildman–Crippen MR) is 100 cm³/mol. The Morgan fingerprint density at radius 3 is 2.44 bits per heavy atom. The van der Waals surface area contributed by atoms with Crippen molar-refractivity contribution in [2.24, 2.45) is 0 Å². The lowest BCUT2D eigenvalue weighted by molar-refractivity contribution is 0.0937. The molecule has 2 aromatic carbocycles. The number of hydrogen-bond donors (Lipinski definition) is 1. The molecule has 0 unspecified atom stereocenters. The van der Waals surface area contributed by atoms with Gasteiger partial charge >= 0.3 is 0 Å². The van der Waals surface area contributed by atoms with E-state index in [4.69, 9.17) is 4.74 Å². The summed E-state index contributed by atoms with van der Waals surface area (Å²) in [6.45, 7) is 4.74. The Morgan fingerprint density at radius 1 is 1.12 bits per heavy atom. The molecule has 132 valence electrons. The van der Waals surface area contributed by atoms with Gasteiger partial charge in [0.05, 0.1) is 13.2 Å². The number of hydrogen-bond acceptors (Lipinski definition) is 3. The van der Waals surface area contributed by atoms with E-state index in [9.17, 15) is 4.79 Å². The molecule has 0 aliphatic carbocycles. The second kappa shape index (κ2) is 8.17. The van der Waals surface area contributed by atoms with Gasteiger partial charge in [-0.2, -0.15) is 0 Å². The monoisotopic (exact) mass is 338 g/mol. The van der Waals surface area contributed by atoms with E-state index in [0.29, 0.717) is 6.54 Å². The molecule has 1 atom stereocenters. The first kappa shape index (κ1) is 17.5. The smallest absolute Gasteiger partial charge is 0.251 e. The van der Waals surface area contributed by atoms with Gasteiger partial charge in [-0.05, 0) is 62.2 Å². The summed E-state index contributed by atoms with van der Waals surface area (Å²) in [5.41, 5.74) is 2.97. The van der Waals surface area contributed by atoms with E-state index >= 15 is 0 Å². The highest BCUT2D eigenvalue weighted by molar-refractivity contribution is 5.95. The number of amides is 1. The van der Waals surface area contributed by atoms with Crippen molar-refractivity contribution in [2.75, 3.05) is 26.7 Å². The van der Waals surface area contributed by atoms with Crippen molar-refractivity contribution in [1.82, 2.24) is 10.2 Å². The van der Waals surface area contributed by atoms with Crippen LogP contribution in [0.1, 0.15) is 40.4 Å². The Hall–Kier alpha value is -2.33. The van der Waals surface area contributed by atoms with Crippen LogP contribution in [-0.2, 0) is 0 Å². The number of aryl methyl sites for hydroxylation is 1. The van der Waals surface area contributed by atoms with Crippen molar-refractivity contribution in [1.29, 1.82) is 0 Å². The van der Waals surface area contributed by atoms with Crippen LogP contribution in [0, 0.1) is 6.92 Å². The van der Waals surface area contributed by atoms with Crippen LogP contribution in [0.2, 0.25) is 0 Å².